The molecule has 1 amide bonds. The standard InChI is InChI=1S/C16H22N6O3S.ClH/c1-12(20-26(24,25)14-9-19-21(2)11-14)16(23)22-7-6-18-10-15(22)13-4-3-5-17-8-13;/h3-5,8-9,11-12,15,18,20H,6-7,10H2,1-2H3;1H. The van der Waals surface area contributed by atoms with Crippen molar-refractivity contribution >= 4 is 28.3 Å². The molecular weight excluding hydrogens is 392 g/mol. The van der Waals surface area contributed by atoms with Crippen molar-refractivity contribution in [2.45, 2.75) is 23.9 Å². The maximum Gasteiger partial charge on any atom is 0.244 e. The SMILES string of the molecule is CC(NS(=O)(=O)c1cnn(C)c1)C(=O)N1CCNCC1c1cccnc1.Cl. The topological polar surface area (TPSA) is 109 Å². The van der Waals surface area contributed by atoms with E-state index in [4.69, 9.17) is 0 Å². The number of rotatable bonds is 5. The quantitative estimate of drug-likeness (QED) is 0.717. The minimum Gasteiger partial charge on any atom is -0.332 e. The number of nitrogens with zero attached hydrogens (tertiary/aromatic N) is 4. The van der Waals surface area contributed by atoms with Crippen LogP contribution < -0.4 is 10.0 Å². The summed E-state index contributed by atoms with van der Waals surface area (Å²) in [5.41, 5.74) is 0.912. The number of pyridine rings is 1. The Balaban J connectivity index is 0.00000261. The van der Waals surface area contributed by atoms with Gasteiger partial charge in [-0.15, -0.1) is 12.4 Å². The molecule has 2 atom stereocenters. The van der Waals surface area contributed by atoms with Crippen LogP contribution in [0.25, 0.3) is 0 Å². The van der Waals surface area contributed by atoms with Crippen LogP contribution in [-0.2, 0) is 21.9 Å². The second kappa shape index (κ2) is 8.79. The largest absolute Gasteiger partial charge is 0.332 e. The van der Waals surface area contributed by atoms with Gasteiger partial charge in [0.25, 0.3) is 0 Å². The van der Waals surface area contributed by atoms with Gasteiger partial charge in [0.15, 0.2) is 0 Å². The number of aromatic nitrogens is 3. The Hall–Kier alpha value is -2.01. The van der Waals surface area contributed by atoms with Crippen molar-refractivity contribution in [2.24, 2.45) is 7.05 Å². The lowest BCUT2D eigenvalue weighted by molar-refractivity contribution is -0.136. The van der Waals surface area contributed by atoms with E-state index in [0.717, 1.165) is 5.56 Å². The first kappa shape index (κ1) is 21.3. The fraction of sp³-hybridized carbons (Fsp3) is 0.438. The van der Waals surface area contributed by atoms with Crippen LogP contribution in [0.3, 0.4) is 0 Å². The molecule has 0 bridgehead atoms. The molecule has 2 aromatic heterocycles. The van der Waals surface area contributed by atoms with Gasteiger partial charge in [-0.25, -0.2) is 8.42 Å². The molecule has 0 saturated carbocycles. The summed E-state index contributed by atoms with van der Waals surface area (Å²) in [6, 6.07) is 2.66. The van der Waals surface area contributed by atoms with E-state index in [2.05, 4.69) is 20.1 Å². The van der Waals surface area contributed by atoms with Gasteiger partial charge in [-0.1, -0.05) is 6.07 Å². The Kier molecular flexibility index (Phi) is 6.93. The van der Waals surface area contributed by atoms with Crippen LogP contribution in [0.15, 0.2) is 41.8 Å². The van der Waals surface area contributed by atoms with Gasteiger partial charge < -0.3 is 10.2 Å². The third-order valence-corrected chi connectivity index (χ3v) is 5.78. The third kappa shape index (κ3) is 4.83. The number of amides is 1. The monoisotopic (exact) mass is 414 g/mol. The number of carbonyl (C=O) groups excluding carboxylic acids is 1. The summed E-state index contributed by atoms with van der Waals surface area (Å²) >= 11 is 0. The van der Waals surface area contributed by atoms with Gasteiger partial charge in [0.1, 0.15) is 4.90 Å². The average Bonchev–Trinajstić information content (AvgIpc) is 3.09. The molecule has 11 heteroatoms. The first-order valence-corrected chi connectivity index (χ1v) is 9.79. The summed E-state index contributed by atoms with van der Waals surface area (Å²) < 4.78 is 28.7. The molecule has 2 aromatic rings. The van der Waals surface area contributed by atoms with Gasteiger partial charge in [-0.3, -0.25) is 14.5 Å². The summed E-state index contributed by atoms with van der Waals surface area (Å²) in [5, 5.41) is 7.13. The summed E-state index contributed by atoms with van der Waals surface area (Å²) in [6.07, 6.45) is 6.05. The smallest absolute Gasteiger partial charge is 0.244 e. The molecule has 148 valence electrons. The first-order chi connectivity index (χ1) is 12.4. The van der Waals surface area contributed by atoms with Crippen LogP contribution in [0.1, 0.15) is 18.5 Å². The number of halogens is 1. The second-order valence-corrected chi connectivity index (χ2v) is 7.94. The van der Waals surface area contributed by atoms with Gasteiger partial charge in [0.05, 0.1) is 18.3 Å². The second-order valence-electron chi connectivity index (χ2n) is 6.23. The van der Waals surface area contributed by atoms with E-state index in [1.165, 1.54) is 17.1 Å². The molecule has 2 unspecified atom stereocenters. The molecule has 1 fully saturated rings. The predicted octanol–water partition coefficient (Wildman–Crippen LogP) is 0.0768. The van der Waals surface area contributed by atoms with E-state index in [-0.39, 0.29) is 29.3 Å². The number of hydrogen-bond donors (Lipinski definition) is 2. The van der Waals surface area contributed by atoms with E-state index in [0.29, 0.717) is 19.6 Å². The molecule has 1 aliphatic rings. The normalized spacial score (nSPS) is 18.6. The molecule has 27 heavy (non-hydrogen) atoms. The summed E-state index contributed by atoms with van der Waals surface area (Å²) in [7, 11) is -2.18. The number of hydrogen-bond acceptors (Lipinski definition) is 6. The van der Waals surface area contributed by atoms with Crippen molar-refractivity contribution in [3.05, 3.63) is 42.5 Å². The zero-order valence-corrected chi connectivity index (χ0v) is 16.7. The third-order valence-electron chi connectivity index (χ3n) is 4.29. The molecule has 0 spiro atoms. The van der Waals surface area contributed by atoms with E-state index in [1.807, 2.05) is 12.1 Å². The first-order valence-electron chi connectivity index (χ1n) is 8.30. The van der Waals surface area contributed by atoms with E-state index in [1.54, 1.807) is 31.3 Å². The zero-order valence-electron chi connectivity index (χ0n) is 15.1. The van der Waals surface area contributed by atoms with Crippen molar-refractivity contribution < 1.29 is 13.2 Å². The molecule has 1 aliphatic heterocycles. The number of piperazine rings is 1. The number of nitrogens with one attached hydrogen (secondary N) is 2. The maximum atomic E-state index is 12.9. The Morgan fingerprint density at radius 2 is 2.19 bits per heavy atom. The van der Waals surface area contributed by atoms with Gasteiger partial charge in [-0.05, 0) is 18.6 Å². The van der Waals surface area contributed by atoms with Crippen molar-refractivity contribution in [1.29, 1.82) is 0 Å². The molecule has 1 saturated heterocycles. The van der Waals surface area contributed by atoms with E-state index < -0.39 is 16.1 Å². The van der Waals surface area contributed by atoms with Crippen molar-refractivity contribution in [3.8, 4) is 0 Å². The zero-order chi connectivity index (χ0) is 18.7. The fourth-order valence-corrected chi connectivity index (χ4v) is 4.16. The molecular formula is C16H23ClN6O3S. The highest BCUT2D eigenvalue weighted by Gasteiger charge is 2.32. The van der Waals surface area contributed by atoms with Crippen LogP contribution in [-0.4, -0.2) is 59.7 Å². The number of sulfonamides is 1. The lowest BCUT2D eigenvalue weighted by Gasteiger charge is -2.37. The van der Waals surface area contributed by atoms with Crippen molar-refractivity contribution in [2.75, 3.05) is 19.6 Å². The molecule has 0 aromatic carbocycles. The number of aryl methyl sites for hydroxylation is 1. The molecule has 0 radical (unpaired) electrons. The van der Waals surface area contributed by atoms with Crippen molar-refractivity contribution in [3.63, 3.8) is 0 Å². The Labute approximate surface area is 164 Å². The molecule has 3 rings (SSSR count). The average molecular weight is 415 g/mol. The summed E-state index contributed by atoms with van der Waals surface area (Å²) in [6.45, 7) is 3.31. The predicted molar refractivity (Wildman–Crippen MR) is 102 cm³/mol. The van der Waals surface area contributed by atoms with E-state index >= 15 is 0 Å². The van der Waals surface area contributed by atoms with Crippen molar-refractivity contribution in [1.82, 2.24) is 29.7 Å². The Morgan fingerprint density at radius 1 is 1.41 bits per heavy atom. The fourth-order valence-electron chi connectivity index (χ4n) is 2.98. The van der Waals surface area contributed by atoms with Crippen LogP contribution in [0.2, 0.25) is 0 Å². The Bertz CT molecular complexity index is 873. The van der Waals surface area contributed by atoms with Crippen LogP contribution in [0, 0.1) is 0 Å². The lowest BCUT2D eigenvalue weighted by Crippen LogP contribution is -2.54. The van der Waals surface area contributed by atoms with Gasteiger partial charge >= 0.3 is 0 Å². The Morgan fingerprint density at radius 3 is 2.81 bits per heavy atom. The molecule has 2 N–H and O–H groups in total. The van der Waals surface area contributed by atoms with Gasteiger partial charge in [0, 0.05) is 45.3 Å². The minimum atomic E-state index is -3.81. The number of carbonyl (C=O) groups is 1. The molecule has 9 nitrogen and oxygen atoms in total. The summed E-state index contributed by atoms with van der Waals surface area (Å²) in [4.78, 5) is 18.8. The van der Waals surface area contributed by atoms with Gasteiger partial charge in [0.2, 0.25) is 15.9 Å². The molecule has 0 aliphatic carbocycles. The maximum absolute atomic E-state index is 12.9. The molecule has 3 heterocycles. The lowest BCUT2D eigenvalue weighted by atomic mass is 10.0. The van der Waals surface area contributed by atoms with Crippen LogP contribution in [0.5, 0.6) is 0 Å². The highest BCUT2D eigenvalue weighted by molar-refractivity contribution is 7.89. The summed E-state index contributed by atoms with van der Waals surface area (Å²) in [5.74, 6) is -0.271. The van der Waals surface area contributed by atoms with E-state index in [9.17, 15) is 13.2 Å². The van der Waals surface area contributed by atoms with Crippen LogP contribution in [0.4, 0.5) is 0 Å². The minimum absolute atomic E-state index is 0. The highest BCUT2D eigenvalue weighted by atomic mass is 35.5. The van der Waals surface area contributed by atoms with Crippen LogP contribution >= 0.6 is 12.4 Å². The highest BCUT2D eigenvalue weighted by Crippen LogP contribution is 2.22. The van der Waals surface area contributed by atoms with Gasteiger partial charge in [-0.2, -0.15) is 9.82 Å².